The second-order valence-electron chi connectivity index (χ2n) is 7.51. The molecular formula is C22H30N2O2. The molecule has 1 saturated heterocycles. The van der Waals surface area contributed by atoms with Crippen molar-refractivity contribution >= 4 is 5.70 Å². The van der Waals surface area contributed by atoms with Crippen molar-refractivity contribution in [1.82, 2.24) is 5.32 Å². The van der Waals surface area contributed by atoms with E-state index in [0.29, 0.717) is 5.70 Å². The van der Waals surface area contributed by atoms with Crippen molar-refractivity contribution in [1.29, 1.82) is 0 Å². The number of nitrogens with one attached hydrogen (secondary N) is 1. The number of hydrogen-bond acceptors (Lipinski definition) is 4. The number of benzene rings is 1. The van der Waals surface area contributed by atoms with E-state index >= 15 is 0 Å². The lowest BCUT2D eigenvalue weighted by molar-refractivity contribution is 0.0188. The minimum Gasteiger partial charge on any atom is -0.397 e. The van der Waals surface area contributed by atoms with E-state index in [0.717, 1.165) is 61.9 Å². The molecule has 4 heteroatoms. The number of nitrogens with two attached hydrogens (primary N) is 1. The van der Waals surface area contributed by atoms with Crippen LogP contribution < -0.4 is 11.1 Å². The fourth-order valence-electron chi connectivity index (χ4n) is 3.69. The molecule has 4 nitrogen and oxygen atoms in total. The SMILES string of the molecule is Cc1cc(C#CC2(O)CCCC2)ccc1/C(N)=C/NCC1CCCCO1. The molecule has 1 saturated carbocycles. The van der Waals surface area contributed by atoms with E-state index in [1.54, 1.807) is 0 Å². The maximum absolute atomic E-state index is 10.3. The molecule has 4 N–H and O–H groups in total. The first kappa shape index (κ1) is 18.8. The Morgan fingerprint density at radius 1 is 1.35 bits per heavy atom. The first-order valence-electron chi connectivity index (χ1n) is 9.73. The van der Waals surface area contributed by atoms with Crippen molar-refractivity contribution < 1.29 is 9.84 Å². The molecular weight excluding hydrogens is 324 g/mol. The van der Waals surface area contributed by atoms with Gasteiger partial charge in [-0.1, -0.05) is 17.9 Å². The van der Waals surface area contributed by atoms with Gasteiger partial charge in [0, 0.05) is 30.5 Å². The molecule has 26 heavy (non-hydrogen) atoms. The van der Waals surface area contributed by atoms with Crippen LogP contribution in [0.1, 0.15) is 61.6 Å². The number of hydrogen-bond donors (Lipinski definition) is 3. The van der Waals surface area contributed by atoms with Gasteiger partial charge in [0.2, 0.25) is 0 Å². The third-order valence-electron chi connectivity index (χ3n) is 5.28. The summed E-state index contributed by atoms with van der Waals surface area (Å²) >= 11 is 0. The Kier molecular flexibility index (Phi) is 6.24. The molecule has 3 rings (SSSR count). The predicted octanol–water partition coefficient (Wildman–Crippen LogP) is 3.07. The zero-order valence-corrected chi connectivity index (χ0v) is 15.7. The van der Waals surface area contributed by atoms with Crippen LogP contribution >= 0.6 is 0 Å². The maximum Gasteiger partial charge on any atom is 0.125 e. The van der Waals surface area contributed by atoms with E-state index in [9.17, 15) is 5.11 Å². The molecule has 2 fully saturated rings. The van der Waals surface area contributed by atoms with Crippen molar-refractivity contribution in [2.45, 2.75) is 63.6 Å². The fourth-order valence-corrected chi connectivity index (χ4v) is 3.69. The molecule has 140 valence electrons. The van der Waals surface area contributed by atoms with Gasteiger partial charge < -0.3 is 20.9 Å². The summed E-state index contributed by atoms with van der Waals surface area (Å²) in [6.07, 6.45) is 9.35. The summed E-state index contributed by atoms with van der Waals surface area (Å²) in [5, 5.41) is 13.6. The maximum atomic E-state index is 10.3. The van der Waals surface area contributed by atoms with Crippen LogP contribution in [0.2, 0.25) is 0 Å². The van der Waals surface area contributed by atoms with Crippen LogP contribution in [0, 0.1) is 18.8 Å². The van der Waals surface area contributed by atoms with Gasteiger partial charge >= 0.3 is 0 Å². The van der Waals surface area contributed by atoms with E-state index in [1.807, 2.05) is 31.3 Å². The molecule has 1 aliphatic carbocycles. The average Bonchev–Trinajstić information content (AvgIpc) is 3.08. The van der Waals surface area contributed by atoms with E-state index < -0.39 is 5.60 Å². The Bertz CT molecular complexity index is 703. The van der Waals surface area contributed by atoms with Gasteiger partial charge in [0.15, 0.2) is 0 Å². The summed E-state index contributed by atoms with van der Waals surface area (Å²) in [5.74, 6) is 6.18. The second kappa shape index (κ2) is 8.62. The fraction of sp³-hybridized carbons (Fsp3) is 0.545. The van der Waals surface area contributed by atoms with Gasteiger partial charge in [-0.15, -0.1) is 0 Å². The zero-order valence-electron chi connectivity index (χ0n) is 15.7. The third-order valence-corrected chi connectivity index (χ3v) is 5.28. The minimum atomic E-state index is -0.795. The van der Waals surface area contributed by atoms with Crippen LogP contribution in [-0.4, -0.2) is 30.0 Å². The normalized spacial score (nSPS) is 22.5. The number of rotatable bonds is 4. The Labute approximate surface area is 156 Å². The van der Waals surface area contributed by atoms with Crippen molar-refractivity contribution in [3.63, 3.8) is 0 Å². The number of aliphatic hydroxyl groups is 1. The van der Waals surface area contributed by atoms with Crippen LogP contribution in [0.5, 0.6) is 0 Å². The standard InChI is InChI=1S/C22H30N2O2/c1-17-14-18(9-12-22(25)10-3-4-11-22)7-8-20(17)21(23)16-24-15-19-6-2-5-13-26-19/h7-8,14,16,19,24-25H,2-6,10-11,13,15,23H2,1H3/b21-16-. The van der Waals surface area contributed by atoms with Gasteiger partial charge in [-0.2, -0.15) is 0 Å². The Morgan fingerprint density at radius 3 is 2.85 bits per heavy atom. The zero-order chi connectivity index (χ0) is 18.4. The predicted molar refractivity (Wildman–Crippen MR) is 105 cm³/mol. The summed E-state index contributed by atoms with van der Waals surface area (Å²) in [6.45, 7) is 3.69. The van der Waals surface area contributed by atoms with Crippen LogP contribution in [0.15, 0.2) is 24.4 Å². The van der Waals surface area contributed by atoms with Gasteiger partial charge in [0.1, 0.15) is 5.60 Å². The highest BCUT2D eigenvalue weighted by Crippen LogP contribution is 2.28. The summed E-state index contributed by atoms with van der Waals surface area (Å²) in [5.41, 5.74) is 9.17. The third kappa shape index (κ3) is 5.03. The number of ether oxygens (including phenoxy) is 1. The van der Waals surface area contributed by atoms with E-state index in [-0.39, 0.29) is 6.10 Å². The van der Waals surface area contributed by atoms with Gasteiger partial charge in [0.05, 0.1) is 11.8 Å². The van der Waals surface area contributed by atoms with Gasteiger partial charge in [-0.3, -0.25) is 0 Å². The van der Waals surface area contributed by atoms with Crippen LogP contribution in [0.25, 0.3) is 5.70 Å². The first-order chi connectivity index (χ1) is 12.6. The first-order valence-corrected chi connectivity index (χ1v) is 9.73. The molecule has 1 atom stereocenters. The molecule has 1 unspecified atom stereocenters. The van der Waals surface area contributed by atoms with Gasteiger partial charge in [-0.05, 0) is 69.6 Å². The summed E-state index contributed by atoms with van der Waals surface area (Å²) in [4.78, 5) is 0. The molecule has 2 aliphatic rings. The smallest absolute Gasteiger partial charge is 0.125 e. The molecule has 0 radical (unpaired) electrons. The molecule has 0 spiro atoms. The van der Waals surface area contributed by atoms with E-state index in [1.165, 1.54) is 12.8 Å². The van der Waals surface area contributed by atoms with Gasteiger partial charge in [0.25, 0.3) is 0 Å². The molecule has 1 aromatic rings. The highest BCUT2D eigenvalue weighted by molar-refractivity contribution is 5.66. The quantitative estimate of drug-likeness (QED) is 0.727. The second-order valence-corrected chi connectivity index (χ2v) is 7.51. The van der Waals surface area contributed by atoms with Crippen LogP contribution in [-0.2, 0) is 4.74 Å². The molecule has 1 heterocycles. The summed E-state index contributed by atoms with van der Waals surface area (Å²) in [7, 11) is 0. The largest absolute Gasteiger partial charge is 0.397 e. The number of aryl methyl sites for hydroxylation is 1. The Hall–Kier alpha value is -1.96. The Balaban J connectivity index is 1.61. The van der Waals surface area contributed by atoms with E-state index in [2.05, 4.69) is 17.2 Å². The molecule has 1 aliphatic heterocycles. The topological polar surface area (TPSA) is 67.5 Å². The minimum absolute atomic E-state index is 0.285. The van der Waals surface area contributed by atoms with Crippen molar-refractivity contribution in [2.24, 2.45) is 5.73 Å². The lowest BCUT2D eigenvalue weighted by Crippen LogP contribution is -2.29. The molecule has 0 bridgehead atoms. The van der Waals surface area contributed by atoms with Crippen molar-refractivity contribution in [3.05, 3.63) is 41.1 Å². The average molecular weight is 354 g/mol. The van der Waals surface area contributed by atoms with Crippen molar-refractivity contribution in [2.75, 3.05) is 13.2 Å². The highest BCUT2D eigenvalue weighted by Gasteiger charge is 2.28. The van der Waals surface area contributed by atoms with Crippen LogP contribution in [0.4, 0.5) is 0 Å². The van der Waals surface area contributed by atoms with Gasteiger partial charge in [-0.25, -0.2) is 0 Å². The Morgan fingerprint density at radius 2 is 2.15 bits per heavy atom. The summed E-state index contributed by atoms with van der Waals surface area (Å²) < 4.78 is 5.71. The monoisotopic (exact) mass is 354 g/mol. The van der Waals surface area contributed by atoms with E-state index in [4.69, 9.17) is 10.5 Å². The molecule has 0 aromatic heterocycles. The molecule has 0 amide bonds. The van der Waals surface area contributed by atoms with Crippen molar-refractivity contribution in [3.8, 4) is 11.8 Å². The molecule has 1 aromatic carbocycles. The lowest BCUT2D eigenvalue weighted by atomic mass is 10.0. The lowest BCUT2D eigenvalue weighted by Gasteiger charge is -2.22. The summed E-state index contributed by atoms with van der Waals surface area (Å²) in [6, 6.07) is 6.01. The van der Waals surface area contributed by atoms with Crippen LogP contribution in [0.3, 0.4) is 0 Å². The highest BCUT2D eigenvalue weighted by atomic mass is 16.5.